The van der Waals surface area contributed by atoms with E-state index in [1.807, 2.05) is 30.3 Å². The minimum atomic E-state index is 0.633. The molecule has 1 rings (SSSR count). The predicted octanol–water partition coefficient (Wildman–Crippen LogP) is 5.40. The molecule has 0 atom stereocenters. The number of rotatable bonds is 7. The average molecular weight is 256 g/mol. The molecule has 102 valence electrons. The van der Waals surface area contributed by atoms with Gasteiger partial charge in [-0.3, -0.25) is 0 Å². The molecule has 0 aliphatic heterocycles. The molecule has 0 radical (unpaired) electrons. The molecule has 19 heavy (non-hydrogen) atoms. The lowest BCUT2D eigenvalue weighted by atomic mass is 10.1. The molecule has 0 bridgehead atoms. The molecule has 1 heteroatoms. The van der Waals surface area contributed by atoms with Crippen molar-refractivity contribution >= 4 is 6.08 Å². The second kappa shape index (κ2) is 8.36. The normalized spacial score (nSPS) is 11.0. The van der Waals surface area contributed by atoms with Gasteiger partial charge in [0.25, 0.3) is 0 Å². The number of hydrogen-bond donors (Lipinski definition) is 0. The van der Waals surface area contributed by atoms with Crippen LogP contribution in [0.2, 0.25) is 0 Å². The van der Waals surface area contributed by atoms with Crippen LogP contribution in [-0.2, 0) is 0 Å². The molecule has 0 aliphatic carbocycles. The molecular formula is C18H24O. The summed E-state index contributed by atoms with van der Waals surface area (Å²) in [5.74, 6) is 0.902. The molecule has 0 unspecified atom stereocenters. The first-order valence-corrected chi connectivity index (χ1v) is 6.76. The fourth-order valence-corrected chi connectivity index (χ4v) is 1.67. The largest absolute Gasteiger partial charge is 0.490 e. The first kappa shape index (κ1) is 15.3. The monoisotopic (exact) mass is 256 g/mol. The summed E-state index contributed by atoms with van der Waals surface area (Å²) in [6.07, 6.45) is 8.46. The smallest absolute Gasteiger partial charge is 0.119 e. The second-order valence-corrected chi connectivity index (χ2v) is 4.95. The van der Waals surface area contributed by atoms with Gasteiger partial charge in [-0.05, 0) is 57.4 Å². The van der Waals surface area contributed by atoms with Crippen LogP contribution in [0.1, 0.15) is 39.2 Å². The van der Waals surface area contributed by atoms with Crippen molar-refractivity contribution in [2.45, 2.75) is 33.6 Å². The molecule has 0 heterocycles. The molecule has 0 fully saturated rings. The second-order valence-electron chi connectivity index (χ2n) is 4.95. The maximum atomic E-state index is 5.68. The lowest BCUT2D eigenvalue weighted by Gasteiger charge is -2.05. The number of hydrogen-bond acceptors (Lipinski definition) is 1. The van der Waals surface area contributed by atoms with Gasteiger partial charge in [-0.2, -0.15) is 0 Å². The van der Waals surface area contributed by atoms with Crippen LogP contribution in [0.4, 0.5) is 0 Å². The van der Waals surface area contributed by atoms with Crippen molar-refractivity contribution in [1.29, 1.82) is 0 Å². The summed E-state index contributed by atoms with van der Waals surface area (Å²) in [7, 11) is 0. The van der Waals surface area contributed by atoms with E-state index in [1.165, 1.54) is 11.1 Å². The van der Waals surface area contributed by atoms with Crippen molar-refractivity contribution in [3.05, 3.63) is 59.7 Å². The lowest BCUT2D eigenvalue weighted by molar-refractivity contribution is 0.361. The predicted molar refractivity (Wildman–Crippen MR) is 84.5 cm³/mol. The van der Waals surface area contributed by atoms with Crippen molar-refractivity contribution in [2.75, 3.05) is 6.61 Å². The van der Waals surface area contributed by atoms with Crippen LogP contribution in [0.3, 0.4) is 0 Å². The van der Waals surface area contributed by atoms with Gasteiger partial charge in [0.15, 0.2) is 0 Å². The zero-order chi connectivity index (χ0) is 14.1. The molecule has 1 nitrogen and oxygen atoms in total. The highest BCUT2D eigenvalue weighted by Gasteiger charge is 1.93. The van der Waals surface area contributed by atoms with Crippen molar-refractivity contribution in [2.24, 2.45) is 0 Å². The molecule has 1 aromatic carbocycles. The van der Waals surface area contributed by atoms with Crippen molar-refractivity contribution < 1.29 is 4.74 Å². The summed E-state index contributed by atoms with van der Waals surface area (Å²) >= 11 is 0. The van der Waals surface area contributed by atoms with E-state index >= 15 is 0 Å². The van der Waals surface area contributed by atoms with E-state index in [0.29, 0.717) is 6.61 Å². The Morgan fingerprint density at radius 1 is 1.11 bits per heavy atom. The van der Waals surface area contributed by atoms with Crippen LogP contribution >= 0.6 is 0 Å². The van der Waals surface area contributed by atoms with Gasteiger partial charge in [0.1, 0.15) is 12.4 Å². The van der Waals surface area contributed by atoms with E-state index < -0.39 is 0 Å². The van der Waals surface area contributed by atoms with Crippen LogP contribution in [0.15, 0.2) is 54.1 Å². The van der Waals surface area contributed by atoms with Gasteiger partial charge >= 0.3 is 0 Å². The fourth-order valence-electron chi connectivity index (χ4n) is 1.67. The first-order chi connectivity index (χ1) is 9.11. The van der Waals surface area contributed by atoms with Gasteiger partial charge in [-0.25, -0.2) is 0 Å². The van der Waals surface area contributed by atoms with Crippen LogP contribution in [0.5, 0.6) is 5.75 Å². The fraction of sp³-hybridized carbons (Fsp3) is 0.333. The van der Waals surface area contributed by atoms with E-state index in [2.05, 4.69) is 39.5 Å². The third-order valence-electron chi connectivity index (χ3n) is 2.89. The third-order valence-corrected chi connectivity index (χ3v) is 2.89. The minimum absolute atomic E-state index is 0.633. The summed E-state index contributed by atoms with van der Waals surface area (Å²) in [5.41, 5.74) is 3.87. The molecule has 0 amide bonds. The summed E-state index contributed by atoms with van der Waals surface area (Å²) in [4.78, 5) is 0. The Morgan fingerprint density at radius 2 is 1.79 bits per heavy atom. The van der Waals surface area contributed by atoms with E-state index in [9.17, 15) is 0 Å². The molecule has 0 aromatic heterocycles. The highest BCUT2D eigenvalue weighted by molar-refractivity contribution is 5.48. The standard InChI is InChI=1S/C18H24O/c1-5-17-9-11-18(12-10-17)19-14-13-16(4)8-6-7-15(2)3/h5,7,9-13H,1,6,8,14H2,2-4H3/b16-13+. The average Bonchev–Trinajstić information content (AvgIpc) is 2.39. The topological polar surface area (TPSA) is 9.23 Å². The molecular weight excluding hydrogens is 232 g/mol. The Morgan fingerprint density at radius 3 is 2.37 bits per heavy atom. The summed E-state index contributed by atoms with van der Waals surface area (Å²) < 4.78 is 5.68. The van der Waals surface area contributed by atoms with Gasteiger partial charge in [-0.1, -0.05) is 42.0 Å². The van der Waals surface area contributed by atoms with E-state index in [4.69, 9.17) is 4.74 Å². The van der Waals surface area contributed by atoms with Gasteiger partial charge in [0.2, 0.25) is 0 Å². The Hall–Kier alpha value is -1.76. The zero-order valence-corrected chi connectivity index (χ0v) is 12.3. The number of ether oxygens (including phenoxy) is 1. The van der Waals surface area contributed by atoms with Crippen LogP contribution in [-0.4, -0.2) is 6.61 Å². The highest BCUT2D eigenvalue weighted by Crippen LogP contribution is 2.13. The highest BCUT2D eigenvalue weighted by atomic mass is 16.5. The zero-order valence-electron chi connectivity index (χ0n) is 12.3. The van der Waals surface area contributed by atoms with Crippen molar-refractivity contribution in [3.63, 3.8) is 0 Å². The molecule has 0 spiro atoms. The Bertz CT molecular complexity index is 445. The van der Waals surface area contributed by atoms with E-state index in [1.54, 1.807) is 0 Å². The van der Waals surface area contributed by atoms with Crippen molar-refractivity contribution in [3.8, 4) is 5.75 Å². The van der Waals surface area contributed by atoms with Crippen LogP contribution in [0.25, 0.3) is 6.08 Å². The van der Waals surface area contributed by atoms with Gasteiger partial charge in [0.05, 0.1) is 0 Å². The Kier molecular flexibility index (Phi) is 6.73. The molecule has 1 aromatic rings. The molecule has 0 N–H and O–H groups in total. The molecule has 0 saturated carbocycles. The summed E-state index contributed by atoms with van der Waals surface area (Å²) in [6, 6.07) is 7.97. The molecule has 0 aliphatic rings. The number of benzene rings is 1. The molecule has 0 saturated heterocycles. The summed E-state index contributed by atoms with van der Waals surface area (Å²) in [6.45, 7) is 10.8. The third kappa shape index (κ3) is 6.66. The van der Waals surface area contributed by atoms with Gasteiger partial charge in [-0.15, -0.1) is 0 Å². The van der Waals surface area contributed by atoms with Crippen LogP contribution in [0, 0.1) is 0 Å². The summed E-state index contributed by atoms with van der Waals surface area (Å²) in [5, 5.41) is 0. The quantitative estimate of drug-likeness (QED) is 0.593. The maximum absolute atomic E-state index is 5.68. The van der Waals surface area contributed by atoms with E-state index in [0.717, 1.165) is 24.2 Å². The SMILES string of the molecule is C=Cc1ccc(OC/C=C(\C)CCC=C(C)C)cc1. The van der Waals surface area contributed by atoms with Gasteiger partial charge in [0, 0.05) is 0 Å². The van der Waals surface area contributed by atoms with E-state index in [-0.39, 0.29) is 0 Å². The Labute approximate surface area is 117 Å². The lowest BCUT2D eigenvalue weighted by Crippen LogP contribution is -1.94. The number of allylic oxidation sites excluding steroid dienone is 3. The van der Waals surface area contributed by atoms with Crippen molar-refractivity contribution in [1.82, 2.24) is 0 Å². The minimum Gasteiger partial charge on any atom is -0.490 e. The van der Waals surface area contributed by atoms with Gasteiger partial charge < -0.3 is 4.74 Å². The van der Waals surface area contributed by atoms with Crippen LogP contribution < -0.4 is 4.74 Å². The Balaban J connectivity index is 2.35. The first-order valence-electron chi connectivity index (χ1n) is 6.76. The maximum Gasteiger partial charge on any atom is 0.119 e.